The smallest absolute Gasteiger partial charge is 0.180 e. The molecule has 1 rings (SSSR count). The Morgan fingerprint density at radius 3 is 2.21 bits per heavy atom. The molecule has 0 aliphatic carbocycles. The summed E-state index contributed by atoms with van der Waals surface area (Å²) in [4.78, 5) is 11.9. The number of thioether (sulfide) groups is 2. The zero-order chi connectivity index (χ0) is 14.1. The van der Waals surface area contributed by atoms with Gasteiger partial charge in [0.15, 0.2) is 5.78 Å². The Bertz CT molecular complexity index is 450. The third kappa shape index (κ3) is 6.69. The molecular weight excluding hydrogens is 272 g/mol. The molecule has 0 aliphatic heterocycles. The highest BCUT2D eigenvalue weighted by atomic mass is 32.2. The summed E-state index contributed by atoms with van der Waals surface area (Å²) in [6, 6.07) is 8.13. The van der Waals surface area contributed by atoms with E-state index in [0.29, 0.717) is 0 Å². The van der Waals surface area contributed by atoms with Gasteiger partial charge in [-0.2, -0.15) is 0 Å². The highest BCUT2D eigenvalue weighted by molar-refractivity contribution is 8.22. The van der Waals surface area contributed by atoms with E-state index in [2.05, 4.69) is 20.8 Å². The Balaban J connectivity index is 2.67. The molecule has 0 aromatic heterocycles. The summed E-state index contributed by atoms with van der Waals surface area (Å²) in [6.45, 7) is 6.25. The van der Waals surface area contributed by atoms with Crippen LogP contribution in [0.15, 0.2) is 40.7 Å². The summed E-state index contributed by atoms with van der Waals surface area (Å²) in [5, 5.41) is 0. The first-order chi connectivity index (χ1) is 9.15. The third-order valence-corrected chi connectivity index (χ3v) is 4.44. The van der Waals surface area contributed by atoms with E-state index in [9.17, 15) is 4.79 Å². The lowest BCUT2D eigenvalue weighted by Crippen LogP contribution is -1.88. The second-order valence-electron chi connectivity index (χ2n) is 3.98. The van der Waals surface area contributed by atoms with Gasteiger partial charge < -0.3 is 0 Å². The van der Waals surface area contributed by atoms with E-state index >= 15 is 0 Å². The first-order valence-electron chi connectivity index (χ1n) is 6.41. The maximum atomic E-state index is 11.9. The lowest BCUT2D eigenvalue weighted by atomic mass is 10.1. The molecule has 19 heavy (non-hydrogen) atoms. The van der Waals surface area contributed by atoms with E-state index in [1.165, 1.54) is 5.56 Å². The molecule has 0 saturated carbocycles. The number of allylic oxidation sites excluding steroid dienone is 2. The summed E-state index contributed by atoms with van der Waals surface area (Å²) in [7, 11) is 0. The van der Waals surface area contributed by atoms with Crippen molar-refractivity contribution < 1.29 is 4.79 Å². The number of carbonyl (C=O) groups is 1. The molecule has 0 fully saturated rings. The Morgan fingerprint density at radius 1 is 1.11 bits per heavy atom. The van der Waals surface area contributed by atoms with Gasteiger partial charge >= 0.3 is 0 Å². The van der Waals surface area contributed by atoms with Crippen LogP contribution in [-0.2, 0) is 4.79 Å². The van der Waals surface area contributed by atoms with Crippen LogP contribution in [-0.4, -0.2) is 17.3 Å². The Labute approximate surface area is 124 Å². The monoisotopic (exact) mass is 292 g/mol. The minimum atomic E-state index is 0.0532. The lowest BCUT2D eigenvalue weighted by Gasteiger charge is -2.01. The van der Waals surface area contributed by atoms with E-state index in [1.54, 1.807) is 35.7 Å². The maximum Gasteiger partial charge on any atom is 0.180 e. The summed E-state index contributed by atoms with van der Waals surface area (Å²) in [5.41, 5.74) is 2.28. The zero-order valence-corrected chi connectivity index (χ0v) is 13.3. The molecule has 0 radical (unpaired) electrons. The highest BCUT2D eigenvalue weighted by Gasteiger charge is 1.99. The predicted molar refractivity (Wildman–Crippen MR) is 89.6 cm³/mol. The predicted octanol–water partition coefficient (Wildman–Crippen LogP) is 4.92. The van der Waals surface area contributed by atoms with Crippen LogP contribution < -0.4 is 0 Å². The van der Waals surface area contributed by atoms with Crippen LogP contribution in [0.4, 0.5) is 0 Å². The van der Waals surface area contributed by atoms with E-state index < -0.39 is 0 Å². The summed E-state index contributed by atoms with van der Waals surface area (Å²) in [5.74, 6) is 2.04. The van der Waals surface area contributed by atoms with Crippen LogP contribution in [0.3, 0.4) is 0 Å². The van der Waals surface area contributed by atoms with Gasteiger partial charge in [0, 0.05) is 10.3 Å². The van der Waals surface area contributed by atoms with Crippen LogP contribution in [0.2, 0.25) is 0 Å². The van der Waals surface area contributed by atoms with Gasteiger partial charge in [0.2, 0.25) is 0 Å². The molecule has 0 N–H and O–H groups in total. The van der Waals surface area contributed by atoms with Crippen molar-refractivity contribution in [3.8, 4) is 0 Å². The number of carbonyl (C=O) groups excluding carboxylic acids is 1. The van der Waals surface area contributed by atoms with Gasteiger partial charge in [-0.25, -0.2) is 0 Å². The van der Waals surface area contributed by atoms with Crippen molar-refractivity contribution >= 4 is 35.4 Å². The molecule has 0 amide bonds. The fraction of sp³-hybridized carbons (Fsp3) is 0.312. The van der Waals surface area contributed by atoms with Crippen molar-refractivity contribution in [2.24, 2.45) is 0 Å². The molecule has 1 nitrogen and oxygen atoms in total. The van der Waals surface area contributed by atoms with Crippen molar-refractivity contribution in [3.05, 3.63) is 51.8 Å². The number of aryl methyl sites for hydroxylation is 1. The minimum Gasteiger partial charge on any atom is -0.290 e. The van der Waals surface area contributed by atoms with Crippen LogP contribution >= 0.6 is 23.5 Å². The second-order valence-corrected chi connectivity index (χ2v) is 6.85. The molecule has 102 valence electrons. The van der Waals surface area contributed by atoms with Crippen molar-refractivity contribution in [1.29, 1.82) is 0 Å². The van der Waals surface area contributed by atoms with E-state index in [-0.39, 0.29) is 5.78 Å². The van der Waals surface area contributed by atoms with Gasteiger partial charge in [-0.15, -0.1) is 23.5 Å². The van der Waals surface area contributed by atoms with Gasteiger partial charge in [0.05, 0.1) is 0 Å². The Morgan fingerprint density at radius 2 is 1.68 bits per heavy atom. The van der Waals surface area contributed by atoms with Crippen LogP contribution in [0.5, 0.6) is 0 Å². The second kappa shape index (κ2) is 9.05. The van der Waals surface area contributed by atoms with Gasteiger partial charge in [0.1, 0.15) is 0 Å². The minimum absolute atomic E-state index is 0.0532. The number of hydrogen-bond donors (Lipinski definition) is 0. The highest BCUT2D eigenvalue weighted by Crippen LogP contribution is 2.27. The fourth-order valence-electron chi connectivity index (χ4n) is 1.43. The zero-order valence-electron chi connectivity index (χ0n) is 11.7. The van der Waals surface area contributed by atoms with Gasteiger partial charge in [-0.3, -0.25) is 4.79 Å². The number of benzene rings is 1. The van der Waals surface area contributed by atoms with Crippen LogP contribution in [0, 0.1) is 6.92 Å². The maximum absolute atomic E-state index is 11.9. The average Bonchev–Trinajstić information content (AvgIpc) is 2.39. The standard InChI is InChI=1S/C16H20OS2/c1-4-18-16(19-5-2)12-15(17)11-10-14-8-6-13(3)7-9-14/h6-12H,4-5H2,1-3H3/b11-10+. The summed E-state index contributed by atoms with van der Waals surface area (Å²) < 4.78 is 1.10. The van der Waals surface area contributed by atoms with Gasteiger partial charge in [-0.1, -0.05) is 49.8 Å². The molecule has 1 aromatic carbocycles. The normalized spacial score (nSPS) is 10.7. The van der Waals surface area contributed by atoms with E-state index in [1.807, 2.05) is 30.3 Å². The van der Waals surface area contributed by atoms with Crippen molar-refractivity contribution in [2.45, 2.75) is 20.8 Å². The molecule has 3 heteroatoms. The van der Waals surface area contributed by atoms with E-state index in [0.717, 1.165) is 21.3 Å². The molecule has 0 aliphatic rings. The van der Waals surface area contributed by atoms with Crippen molar-refractivity contribution in [1.82, 2.24) is 0 Å². The lowest BCUT2D eigenvalue weighted by molar-refractivity contribution is -0.110. The summed E-state index contributed by atoms with van der Waals surface area (Å²) in [6.07, 6.45) is 5.23. The van der Waals surface area contributed by atoms with Gasteiger partial charge in [0.25, 0.3) is 0 Å². The van der Waals surface area contributed by atoms with Crippen molar-refractivity contribution in [2.75, 3.05) is 11.5 Å². The average molecular weight is 292 g/mol. The molecule has 0 saturated heterocycles. The van der Waals surface area contributed by atoms with Crippen LogP contribution in [0.25, 0.3) is 6.08 Å². The first-order valence-corrected chi connectivity index (χ1v) is 8.38. The van der Waals surface area contributed by atoms with Crippen molar-refractivity contribution in [3.63, 3.8) is 0 Å². The number of ketones is 1. The third-order valence-electron chi connectivity index (χ3n) is 2.35. The molecule has 0 atom stereocenters. The fourth-order valence-corrected chi connectivity index (χ4v) is 3.44. The van der Waals surface area contributed by atoms with Gasteiger partial charge in [-0.05, 0) is 30.1 Å². The van der Waals surface area contributed by atoms with E-state index in [4.69, 9.17) is 0 Å². The SMILES string of the molecule is CCSC(=CC(=O)/C=C/c1ccc(C)cc1)SCC. The topological polar surface area (TPSA) is 17.1 Å². The Hall–Kier alpha value is -0.930. The molecule has 0 unspecified atom stereocenters. The quantitative estimate of drug-likeness (QED) is 0.664. The molecule has 0 heterocycles. The molecule has 0 bridgehead atoms. The molecule has 0 spiro atoms. The first kappa shape index (κ1) is 16.1. The molecular formula is C16H20OS2. The molecule has 1 aromatic rings. The largest absolute Gasteiger partial charge is 0.290 e. The summed E-state index contributed by atoms with van der Waals surface area (Å²) >= 11 is 3.44. The number of hydrogen-bond acceptors (Lipinski definition) is 3. The van der Waals surface area contributed by atoms with Crippen LogP contribution in [0.1, 0.15) is 25.0 Å². The number of rotatable bonds is 7. The Kier molecular flexibility index (Phi) is 7.68.